The van der Waals surface area contributed by atoms with Crippen LogP contribution in [-0.2, 0) is 9.84 Å². The first kappa shape index (κ1) is 19.6. The van der Waals surface area contributed by atoms with Crippen LogP contribution in [0.2, 0.25) is 0 Å². The third-order valence-corrected chi connectivity index (χ3v) is 6.70. The number of hydrogen-bond donors (Lipinski definition) is 0. The van der Waals surface area contributed by atoms with E-state index in [4.69, 9.17) is 0 Å². The minimum absolute atomic E-state index is 0.0326. The second-order valence-corrected chi connectivity index (χ2v) is 9.07. The van der Waals surface area contributed by atoms with E-state index >= 15 is 0 Å². The van der Waals surface area contributed by atoms with E-state index in [-0.39, 0.29) is 9.79 Å². The highest BCUT2D eigenvalue weighted by Gasteiger charge is 2.24. The monoisotopic (exact) mass is 391 g/mol. The van der Waals surface area contributed by atoms with Gasteiger partial charge in [0.1, 0.15) is 5.82 Å². The summed E-state index contributed by atoms with van der Waals surface area (Å²) in [6.07, 6.45) is 1.07. The molecule has 146 valence electrons. The summed E-state index contributed by atoms with van der Waals surface area (Å²) in [4.78, 5) is 6.54. The molecule has 1 heterocycles. The Hall–Kier alpha value is -2.12. The molecule has 0 aliphatic carbocycles. The first-order valence-corrected chi connectivity index (χ1v) is 10.5. The fourth-order valence-electron chi connectivity index (χ4n) is 3.35. The number of hydrogen-bond acceptors (Lipinski definition) is 5. The molecule has 0 atom stereocenters. The zero-order valence-corrected chi connectivity index (χ0v) is 16.8. The van der Waals surface area contributed by atoms with E-state index in [2.05, 4.69) is 16.8 Å². The molecular formula is C20H26FN3O2S. The predicted octanol–water partition coefficient (Wildman–Crippen LogP) is 2.87. The third-order valence-electron chi connectivity index (χ3n) is 4.90. The van der Waals surface area contributed by atoms with Gasteiger partial charge in [-0.3, -0.25) is 0 Å². The highest BCUT2D eigenvalue weighted by atomic mass is 32.2. The standard InChI is InChI=1S/C20H26FN3O2S/c1-22(2)19-15-17(24-11-5-10-23(3)12-13-24)8-9-20(19)27(25,26)18-7-4-6-16(21)14-18/h4,6-9,14-15H,5,10-13H2,1-3H3. The number of nitrogens with zero attached hydrogens (tertiary/aromatic N) is 3. The topological polar surface area (TPSA) is 43.9 Å². The van der Waals surface area contributed by atoms with Crippen molar-refractivity contribution in [1.29, 1.82) is 0 Å². The molecule has 1 aliphatic heterocycles. The molecule has 0 bridgehead atoms. The third kappa shape index (κ3) is 4.25. The van der Waals surface area contributed by atoms with Gasteiger partial charge in [-0.15, -0.1) is 0 Å². The maximum Gasteiger partial charge on any atom is 0.208 e. The lowest BCUT2D eigenvalue weighted by Crippen LogP contribution is -2.29. The van der Waals surface area contributed by atoms with Crippen molar-refractivity contribution in [2.24, 2.45) is 0 Å². The Morgan fingerprint density at radius 3 is 2.48 bits per heavy atom. The Labute approximate surface area is 160 Å². The highest BCUT2D eigenvalue weighted by molar-refractivity contribution is 7.91. The van der Waals surface area contributed by atoms with Gasteiger partial charge in [0.15, 0.2) is 0 Å². The highest BCUT2D eigenvalue weighted by Crippen LogP contribution is 2.33. The van der Waals surface area contributed by atoms with Crippen LogP contribution in [0.25, 0.3) is 0 Å². The smallest absolute Gasteiger partial charge is 0.208 e. The summed E-state index contributed by atoms with van der Waals surface area (Å²) in [5.74, 6) is -0.562. The molecule has 1 saturated heterocycles. The van der Waals surface area contributed by atoms with Gasteiger partial charge in [-0.1, -0.05) is 6.07 Å². The van der Waals surface area contributed by atoms with Gasteiger partial charge in [0.2, 0.25) is 9.84 Å². The predicted molar refractivity (Wildman–Crippen MR) is 107 cm³/mol. The van der Waals surface area contributed by atoms with Crippen LogP contribution in [0.5, 0.6) is 0 Å². The molecule has 2 aromatic carbocycles. The number of benzene rings is 2. The average molecular weight is 392 g/mol. The van der Waals surface area contributed by atoms with Crippen LogP contribution in [0.1, 0.15) is 6.42 Å². The summed E-state index contributed by atoms with van der Waals surface area (Å²) in [7, 11) is 1.94. The Kier molecular flexibility index (Phi) is 5.72. The van der Waals surface area contributed by atoms with Crippen molar-refractivity contribution < 1.29 is 12.8 Å². The van der Waals surface area contributed by atoms with Crippen molar-refractivity contribution in [1.82, 2.24) is 4.90 Å². The lowest BCUT2D eigenvalue weighted by Gasteiger charge is -2.26. The number of halogens is 1. The maximum atomic E-state index is 13.6. The van der Waals surface area contributed by atoms with Gasteiger partial charge in [0.05, 0.1) is 15.5 Å². The first-order chi connectivity index (χ1) is 12.8. The molecule has 5 nitrogen and oxygen atoms in total. The molecule has 0 spiro atoms. The molecule has 0 aromatic heterocycles. The second kappa shape index (κ2) is 7.86. The summed E-state index contributed by atoms with van der Waals surface area (Å²) in [5.41, 5.74) is 1.61. The van der Waals surface area contributed by atoms with Gasteiger partial charge in [-0.25, -0.2) is 12.8 Å². The summed E-state index contributed by atoms with van der Waals surface area (Å²) in [6, 6.07) is 10.6. The lowest BCUT2D eigenvalue weighted by atomic mass is 10.2. The van der Waals surface area contributed by atoms with Gasteiger partial charge in [0.25, 0.3) is 0 Å². The fourth-order valence-corrected chi connectivity index (χ4v) is 4.89. The van der Waals surface area contributed by atoms with E-state index < -0.39 is 15.7 Å². The molecule has 27 heavy (non-hydrogen) atoms. The normalized spacial score (nSPS) is 16.2. The molecule has 0 radical (unpaired) electrons. The van der Waals surface area contributed by atoms with Crippen LogP contribution in [0.15, 0.2) is 52.3 Å². The Bertz CT molecular complexity index is 915. The SMILES string of the molecule is CN1CCCN(c2ccc(S(=O)(=O)c3cccc(F)c3)c(N(C)C)c2)CC1. The van der Waals surface area contributed by atoms with Crippen LogP contribution in [0, 0.1) is 5.82 Å². The molecule has 0 unspecified atom stereocenters. The van der Waals surface area contributed by atoms with E-state index in [9.17, 15) is 12.8 Å². The van der Waals surface area contributed by atoms with E-state index in [1.807, 2.05) is 26.2 Å². The van der Waals surface area contributed by atoms with Crippen LogP contribution < -0.4 is 9.80 Å². The summed E-state index contributed by atoms with van der Waals surface area (Å²) in [6.45, 7) is 3.87. The van der Waals surface area contributed by atoms with Crippen LogP contribution in [0.3, 0.4) is 0 Å². The Morgan fingerprint density at radius 2 is 1.78 bits per heavy atom. The minimum atomic E-state index is -3.81. The number of rotatable bonds is 4. The first-order valence-electron chi connectivity index (χ1n) is 9.04. The van der Waals surface area contributed by atoms with Crippen molar-refractivity contribution in [3.63, 3.8) is 0 Å². The van der Waals surface area contributed by atoms with E-state index in [1.165, 1.54) is 18.2 Å². The van der Waals surface area contributed by atoms with E-state index in [0.29, 0.717) is 5.69 Å². The summed E-state index contributed by atoms with van der Waals surface area (Å²) in [5, 5.41) is 0. The molecule has 1 fully saturated rings. The van der Waals surface area contributed by atoms with Crippen molar-refractivity contribution in [2.45, 2.75) is 16.2 Å². The van der Waals surface area contributed by atoms with E-state index in [1.54, 1.807) is 11.0 Å². The second-order valence-electron chi connectivity index (χ2n) is 7.15. The molecular weight excluding hydrogens is 365 g/mol. The average Bonchev–Trinajstić information content (AvgIpc) is 2.85. The largest absolute Gasteiger partial charge is 0.377 e. The molecule has 0 amide bonds. The van der Waals surface area contributed by atoms with Crippen molar-refractivity contribution in [3.05, 3.63) is 48.3 Å². The Balaban J connectivity index is 2.02. The van der Waals surface area contributed by atoms with Crippen LogP contribution in [0.4, 0.5) is 15.8 Å². The molecule has 0 saturated carbocycles. The van der Waals surface area contributed by atoms with Gasteiger partial charge in [-0.05, 0) is 56.4 Å². The van der Waals surface area contributed by atoms with Crippen molar-refractivity contribution in [3.8, 4) is 0 Å². The summed E-state index contributed by atoms with van der Waals surface area (Å²) < 4.78 is 39.7. The lowest BCUT2D eigenvalue weighted by molar-refractivity contribution is 0.360. The van der Waals surface area contributed by atoms with Gasteiger partial charge >= 0.3 is 0 Å². The number of likely N-dealkylation sites (N-methyl/N-ethyl adjacent to an activating group) is 1. The number of anilines is 2. The zero-order chi connectivity index (χ0) is 19.6. The maximum absolute atomic E-state index is 13.6. The fraction of sp³-hybridized carbons (Fsp3) is 0.400. The molecule has 2 aromatic rings. The van der Waals surface area contributed by atoms with Crippen LogP contribution >= 0.6 is 0 Å². The quantitative estimate of drug-likeness (QED) is 0.802. The molecule has 7 heteroatoms. The number of sulfone groups is 1. The molecule has 3 rings (SSSR count). The van der Waals surface area contributed by atoms with Crippen molar-refractivity contribution >= 4 is 21.2 Å². The van der Waals surface area contributed by atoms with Crippen LogP contribution in [-0.4, -0.2) is 60.6 Å². The Morgan fingerprint density at radius 1 is 1.00 bits per heavy atom. The molecule has 0 N–H and O–H groups in total. The molecule has 1 aliphatic rings. The van der Waals surface area contributed by atoms with Crippen molar-refractivity contribution in [2.75, 3.05) is 57.1 Å². The van der Waals surface area contributed by atoms with E-state index in [0.717, 1.165) is 44.4 Å². The van der Waals surface area contributed by atoms with Gasteiger partial charge in [-0.2, -0.15) is 0 Å². The minimum Gasteiger partial charge on any atom is -0.377 e. The van der Waals surface area contributed by atoms with Gasteiger partial charge < -0.3 is 14.7 Å². The zero-order valence-electron chi connectivity index (χ0n) is 16.0. The summed E-state index contributed by atoms with van der Waals surface area (Å²) >= 11 is 0. The van der Waals surface area contributed by atoms with Gasteiger partial charge in [0, 0.05) is 39.4 Å².